The van der Waals surface area contributed by atoms with E-state index in [1.54, 1.807) is 0 Å². The molecule has 1 unspecified atom stereocenters. The van der Waals surface area contributed by atoms with E-state index >= 15 is 0 Å². The Bertz CT molecular complexity index is 621. The number of aryl methyl sites for hydroxylation is 3. The van der Waals surface area contributed by atoms with Crippen LogP contribution in [-0.4, -0.2) is 13.2 Å². The predicted octanol–water partition coefficient (Wildman–Crippen LogP) is 4.30. The quantitative estimate of drug-likeness (QED) is 0.863. The summed E-state index contributed by atoms with van der Waals surface area (Å²) in [4.78, 5) is 0. The molecule has 0 aliphatic heterocycles. The second-order valence-electron chi connectivity index (χ2n) is 6.43. The predicted molar refractivity (Wildman–Crippen MR) is 93.6 cm³/mol. The molecule has 0 radical (unpaired) electrons. The van der Waals surface area contributed by atoms with Crippen LogP contribution in [0.3, 0.4) is 0 Å². The molecule has 0 bridgehead atoms. The lowest BCUT2D eigenvalue weighted by molar-refractivity contribution is 0.265. The van der Waals surface area contributed by atoms with E-state index in [-0.39, 0.29) is 5.41 Å². The van der Waals surface area contributed by atoms with Crippen LogP contribution in [0.2, 0.25) is 0 Å². The van der Waals surface area contributed by atoms with Crippen LogP contribution < -0.4 is 10.5 Å². The number of hydrogen-bond acceptors (Lipinski definition) is 2. The summed E-state index contributed by atoms with van der Waals surface area (Å²) < 4.78 is 6.04. The molecule has 0 heterocycles. The van der Waals surface area contributed by atoms with Gasteiger partial charge in [-0.05, 0) is 55.5 Å². The smallest absolute Gasteiger partial charge is 0.122 e. The molecule has 2 aromatic carbocycles. The van der Waals surface area contributed by atoms with E-state index in [0.717, 1.165) is 12.2 Å². The molecule has 0 aliphatic rings. The van der Waals surface area contributed by atoms with Crippen molar-refractivity contribution in [3.63, 3.8) is 0 Å². The monoisotopic (exact) mass is 297 g/mol. The highest BCUT2D eigenvalue weighted by Gasteiger charge is 2.24. The maximum absolute atomic E-state index is 6.04. The summed E-state index contributed by atoms with van der Waals surface area (Å²) in [5.41, 5.74) is 11.0. The van der Waals surface area contributed by atoms with Crippen LogP contribution in [0, 0.1) is 20.8 Å². The van der Waals surface area contributed by atoms with Crippen molar-refractivity contribution in [3.8, 4) is 5.75 Å². The van der Waals surface area contributed by atoms with Gasteiger partial charge in [0.1, 0.15) is 5.75 Å². The van der Waals surface area contributed by atoms with E-state index in [9.17, 15) is 0 Å². The van der Waals surface area contributed by atoms with Gasteiger partial charge in [0.05, 0.1) is 6.61 Å². The van der Waals surface area contributed by atoms with E-state index in [1.165, 1.54) is 22.3 Å². The van der Waals surface area contributed by atoms with Crippen molar-refractivity contribution in [1.29, 1.82) is 0 Å². The van der Waals surface area contributed by atoms with Crippen molar-refractivity contribution in [1.82, 2.24) is 0 Å². The lowest BCUT2D eigenvalue weighted by atomic mass is 9.80. The Balaban J connectivity index is 2.05. The van der Waals surface area contributed by atoms with Crippen LogP contribution >= 0.6 is 0 Å². The molecule has 118 valence electrons. The lowest BCUT2D eigenvalue weighted by Crippen LogP contribution is -2.33. The number of ether oxygens (including phenoxy) is 1. The topological polar surface area (TPSA) is 35.2 Å². The summed E-state index contributed by atoms with van der Waals surface area (Å²) in [6.45, 7) is 9.85. The highest BCUT2D eigenvalue weighted by Crippen LogP contribution is 2.28. The molecule has 0 spiro atoms. The van der Waals surface area contributed by atoms with Crippen molar-refractivity contribution in [2.24, 2.45) is 5.73 Å². The normalized spacial score (nSPS) is 13.7. The molecule has 2 N–H and O–H groups in total. The Morgan fingerprint density at radius 3 is 2.23 bits per heavy atom. The SMILES string of the molecule is Cc1cc(C)c(OCCC(C)(CN)c2ccccc2)cc1C. The van der Waals surface area contributed by atoms with E-state index in [1.807, 2.05) is 6.07 Å². The van der Waals surface area contributed by atoms with Crippen molar-refractivity contribution in [3.05, 3.63) is 64.7 Å². The minimum atomic E-state index is -0.0467. The number of rotatable bonds is 6. The fraction of sp³-hybridized carbons (Fsp3) is 0.400. The lowest BCUT2D eigenvalue weighted by Gasteiger charge is -2.28. The number of nitrogens with two attached hydrogens (primary N) is 1. The molecule has 2 aromatic rings. The molecular formula is C20H27NO. The number of benzene rings is 2. The Labute approximate surface area is 134 Å². The molecule has 2 heteroatoms. The maximum Gasteiger partial charge on any atom is 0.122 e. The summed E-state index contributed by atoms with van der Waals surface area (Å²) in [6.07, 6.45) is 0.903. The molecule has 0 fully saturated rings. The molecule has 2 nitrogen and oxygen atoms in total. The molecule has 1 atom stereocenters. The number of hydrogen-bond donors (Lipinski definition) is 1. The van der Waals surface area contributed by atoms with Gasteiger partial charge >= 0.3 is 0 Å². The maximum atomic E-state index is 6.04. The fourth-order valence-corrected chi connectivity index (χ4v) is 2.68. The van der Waals surface area contributed by atoms with E-state index in [2.05, 4.69) is 64.1 Å². The van der Waals surface area contributed by atoms with Gasteiger partial charge in [-0.1, -0.05) is 43.3 Å². The molecule has 2 rings (SSSR count). The minimum Gasteiger partial charge on any atom is -0.493 e. The average molecular weight is 297 g/mol. The van der Waals surface area contributed by atoms with Crippen molar-refractivity contribution < 1.29 is 4.74 Å². The second-order valence-corrected chi connectivity index (χ2v) is 6.43. The van der Waals surface area contributed by atoms with Crippen LogP contribution in [0.1, 0.15) is 35.6 Å². The largest absolute Gasteiger partial charge is 0.493 e. The molecular weight excluding hydrogens is 270 g/mol. The standard InChI is InChI=1S/C20H27NO/c1-15-12-17(3)19(13-16(15)2)22-11-10-20(4,14-21)18-8-6-5-7-9-18/h5-9,12-13H,10-11,14,21H2,1-4H3. The van der Waals surface area contributed by atoms with Gasteiger partial charge in [0.15, 0.2) is 0 Å². The Morgan fingerprint density at radius 1 is 0.955 bits per heavy atom. The first-order valence-electron chi connectivity index (χ1n) is 7.92. The summed E-state index contributed by atoms with van der Waals surface area (Å²) in [6, 6.07) is 14.8. The molecule has 0 aliphatic carbocycles. The van der Waals surface area contributed by atoms with Crippen LogP contribution in [0.25, 0.3) is 0 Å². The Hall–Kier alpha value is -1.80. The summed E-state index contributed by atoms with van der Waals surface area (Å²) in [5.74, 6) is 0.982. The van der Waals surface area contributed by atoms with E-state index < -0.39 is 0 Å². The van der Waals surface area contributed by atoms with Gasteiger partial charge < -0.3 is 10.5 Å². The first kappa shape index (κ1) is 16.6. The van der Waals surface area contributed by atoms with E-state index in [4.69, 9.17) is 10.5 Å². The Kier molecular flexibility index (Phi) is 5.25. The van der Waals surface area contributed by atoms with Crippen molar-refractivity contribution in [2.75, 3.05) is 13.2 Å². The zero-order valence-corrected chi connectivity index (χ0v) is 14.1. The van der Waals surface area contributed by atoms with Gasteiger partial charge in [-0.15, -0.1) is 0 Å². The fourth-order valence-electron chi connectivity index (χ4n) is 2.68. The molecule has 0 saturated heterocycles. The molecule has 0 amide bonds. The van der Waals surface area contributed by atoms with Gasteiger partial charge in [0, 0.05) is 12.0 Å². The van der Waals surface area contributed by atoms with Gasteiger partial charge in [-0.3, -0.25) is 0 Å². The molecule has 0 saturated carbocycles. The van der Waals surface area contributed by atoms with E-state index in [0.29, 0.717) is 13.2 Å². The zero-order valence-electron chi connectivity index (χ0n) is 14.1. The summed E-state index contributed by atoms with van der Waals surface area (Å²) in [7, 11) is 0. The van der Waals surface area contributed by atoms with Gasteiger partial charge in [-0.2, -0.15) is 0 Å². The highest BCUT2D eigenvalue weighted by molar-refractivity contribution is 5.40. The highest BCUT2D eigenvalue weighted by atomic mass is 16.5. The first-order valence-corrected chi connectivity index (χ1v) is 7.92. The summed E-state index contributed by atoms with van der Waals surface area (Å²) in [5, 5.41) is 0. The third-order valence-corrected chi connectivity index (χ3v) is 4.62. The van der Waals surface area contributed by atoms with Crippen LogP contribution in [0.5, 0.6) is 5.75 Å². The first-order chi connectivity index (χ1) is 10.5. The van der Waals surface area contributed by atoms with Crippen LogP contribution in [0.4, 0.5) is 0 Å². The molecule has 22 heavy (non-hydrogen) atoms. The second kappa shape index (κ2) is 6.97. The van der Waals surface area contributed by atoms with Crippen LogP contribution in [0.15, 0.2) is 42.5 Å². The molecule has 0 aromatic heterocycles. The Morgan fingerprint density at radius 2 is 1.59 bits per heavy atom. The van der Waals surface area contributed by atoms with Crippen molar-refractivity contribution >= 4 is 0 Å². The minimum absolute atomic E-state index is 0.0467. The average Bonchev–Trinajstić information content (AvgIpc) is 2.53. The van der Waals surface area contributed by atoms with Gasteiger partial charge in [0.2, 0.25) is 0 Å². The van der Waals surface area contributed by atoms with Gasteiger partial charge in [0.25, 0.3) is 0 Å². The third-order valence-electron chi connectivity index (χ3n) is 4.62. The zero-order chi connectivity index (χ0) is 16.2. The summed E-state index contributed by atoms with van der Waals surface area (Å²) >= 11 is 0. The third kappa shape index (κ3) is 3.69. The van der Waals surface area contributed by atoms with Gasteiger partial charge in [-0.25, -0.2) is 0 Å². The van der Waals surface area contributed by atoms with Crippen LogP contribution in [-0.2, 0) is 5.41 Å². The van der Waals surface area contributed by atoms with Crippen molar-refractivity contribution in [2.45, 2.75) is 39.5 Å².